The molecule has 2 saturated heterocycles. The van der Waals surface area contributed by atoms with E-state index >= 15 is 0 Å². The lowest BCUT2D eigenvalue weighted by Gasteiger charge is -2.30. The molecule has 0 aromatic heterocycles. The number of nitrogens with zero attached hydrogens (tertiary/aromatic N) is 4. The highest BCUT2D eigenvalue weighted by Crippen LogP contribution is 2.34. The van der Waals surface area contributed by atoms with E-state index in [2.05, 4.69) is 10.0 Å². The number of ether oxygens (including phenoxy) is 2. The van der Waals surface area contributed by atoms with Gasteiger partial charge in [-0.25, -0.2) is 9.69 Å². The summed E-state index contributed by atoms with van der Waals surface area (Å²) in [6, 6.07) is 8.53. The molecule has 3 rings (SSSR count). The number of hydrogen-bond donors (Lipinski definition) is 0. The summed E-state index contributed by atoms with van der Waals surface area (Å²) >= 11 is 0. The Labute approximate surface area is 194 Å². The van der Waals surface area contributed by atoms with Crippen LogP contribution in [0.5, 0.6) is 0 Å². The van der Waals surface area contributed by atoms with Crippen molar-refractivity contribution in [3.8, 4) is 0 Å². The third-order valence-electron chi connectivity index (χ3n) is 6.62. The standard InChI is InChI=1S/C24H32N4O5/c1-14(2)18(11-20(26-27-25)21-12-19(15(3)4)23(30)33-21)22(29)28-17(13-32-24(28)31)10-16-8-6-5-7-9-16/h5-9,14-15,17-21H,10-13H2,1-4H3. The molecule has 1 aromatic rings. The summed E-state index contributed by atoms with van der Waals surface area (Å²) < 4.78 is 10.8. The number of cyclic esters (lactones) is 2. The first kappa shape index (κ1) is 24.6. The second kappa shape index (κ2) is 10.7. The SMILES string of the molecule is CC(C)C1CC(C(CC(C(=O)N2C(=O)OCC2Cc2ccccc2)C(C)C)N=[N+]=[N-])OC1=O. The van der Waals surface area contributed by atoms with E-state index in [1.54, 1.807) is 0 Å². The van der Waals surface area contributed by atoms with Crippen LogP contribution in [0.3, 0.4) is 0 Å². The second-order valence-corrected chi connectivity index (χ2v) is 9.55. The van der Waals surface area contributed by atoms with E-state index in [0.717, 1.165) is 5.56 Å². The Morgan fingerprint density at radius 2 is 1.91 bits per heavy atom. The lowest BCUT2D eigenvalue weighted by atomic mass is 9.84. The summed E-state index contributed by atoms with van der Waals surface area (Å²) in [6.07, 6.45) is -0.106. The highest BCUT2D eigenvalue weighted by atomic mass is 16.6. The first-order chi connectivity index (χ1) is 15.7. The molecule has 2 aliphatic rings. The number of amides is 2. The van der Waals surface area contributed by atoms with E-state index in [1.807, 2.05) is 58.0 Å². The van der Waals surface area contributed by atoms with Crippen LogP contribution in [0.2, 0.25) is 0 Å². The minimum absolute atomic E-state index is 0.106. The molecule has 0 N–H and O–H groups in total. The second-order valence-electron chi connectivity index (χ2n) is 9.55. The van der Waals surface area contributed by atoms with Gasteiger partial charge in [0.1, 0.15) is 12.7 Å². The lowest BCUT2D eigenvalue weighted by molar-refractivity contribution is -0.146. The molecule has 5 atom stereocenters. The molecule has 2 heterocycles. The first-order valence-electron chi connectivity index (χ1n) is 11.5. The van der Waals surface area contributed by atoms with Gasteiger partial charge in [0.25, 0.3) is 0 Å². The molecule has 2 fully saturated rings. The van der Waals surface area contributed by atoms with Crippen LogP contribution in [0.15, 0.2) is 35.4 Å². The number of benzene rings is 1. The number of esters is 1. The molecule has 0 bridgehead atoms. The predicted octanol–water partition coefficient (Wildman–Crippen LogP) is 4.51. The Morgan fingerprint density at radius 3 is 2.48 bits per heavy atom. The number of imide groups is 1. The van der Waals surface area contributed by atoms with Crippen LogP contribution in [0.25, 0.3) is 10.4 Å². The van der Waals surface area contributed by atoms with Gasteiger partial charge in [-0.1, -0.05) is 63.1 Å². The van der Waals surface area contributed by atoms with Gasteiger partial charge in [-0.2, -0.15) is 0 Å². The largest absolute Gasteiger partial charge is 0.462 e. The molecule has 0 aliphatic carbocycles. The monoisotopic (exact) mass is 456 g/mol. The Kier molecular flexibility index (Phi) is 7.97. The van der Waals surface area contributed by atoms with Crippen LogP contribution in [-0.2, 0) is 25.5 Å². The zero-order valence-corrected chi connectivity index (χ0v) is 19.6. The predicted molar refractivity (Wildman–Crippen MR) is 121 cm³/mol. The molecule has 0 spiro atoms. The van der Waals surface area contributed by atoms with Gasteiger partial charge in [-0.3, -0.25) is 9.59 Å². The van der Waals surface area contributed by atoms with E-state index in [4.69, 9.17) is 15.0 Å². The van der Waals surface area contributed by atoms with Crippen LogP contribution < -0.4 is 0 Å². The smallest absolute Gasteiger partial charge is 0.416 e. The number of carbonyl (C=O) groups excluding carboxylic acids is 3. The third kappa shape index (κ3) is 5.66. The molecule has 33 heavy (non-hydrogen) atoms. The van der Waals surface area contributed by atoms with Gasteiger partial charge in [-0.05, 0) is 42.2 Å². The minimum atomic E-state index is -0.690. The van der Waals surface area contributed by atoms with Crippen molar-refractivity contribution in [2.24, 2.45) is 28.8 Å². The molecule has 5 unspecified atom stereocenters. The maximum Gasteiger partial charge on any atom is 0.416 e. The van der Waals surface area contributed by atoms with Gasteiger partial charge >= 0.3 is 12.1 Å². The maximum absolute atomic E-state index is 13.6. The molecular weight excluding hydrogens is 424 g/mol. The van der Waals surface area contributed by atoms with Crippen molar-refractivity contribution < 1.29 is 23.9 Å². The van der Waals surface area contributed by atoms with Crippen molar-refractivity contribution in [1.29, 1.82) is 0 Å². The van der Waals surface area contributed by atoms with Crippen molar-refractivity contribution in [2.75, 3.05) is 6.61 Å². The van der Waals surface area contributed by atoms with Gasteiger partial charge in [-0.15, -0.1) is 0 Å². The fraction of sp³-hybridized carbons (Fsp3) is 0.625. The Balaban J connectivity index is 1.78. The van der Waals surface area contributed by atoms with E-state index in [1.165, 1.54) is 4.90 Å². The lowest BCUT2D eigenvalue weighted by Crippen LogP contribution is -2.46. The normalized spacial score (nSPS) is 24.4. The summed E-state index contributed by atoms with van der Waals surface area (Å²) in [5, 5.41) is 3.89. The topological polar surface area (TPSA) is 122 Å². The zero-order valence-electron chi connectivity index (χ0n) is 19.6. The molecular formula is C24H32N4O5. The van der Waals surface area contributed by atoms with Crippen LogP contribution in [0, 0.1) is 23.7 Å². The Bertz CT molecular complexity index is 913. The Morgan fingerprint density at radius 1 is 1.21 bits per heavy atom. The molecule has 178 valence electrons. The summed E-state index contributed by atoms with van der Waals surface area (Å²) in [5.74, 6) is -1.53. The van der Waals surface area contributed by atoms with E-state index in [9.17, 15) is 14.4 Å². The summed E-state index contributed by atoms with van der Waals surface area (Å²) in [5.41, 5.74) is 10.1. The van der Waals surface area contributed by atoms with Crippen LogP contribution in [-0.4, -0.2) is 47.7 Å². The summed E-state index contributed by atoms with van der Waals surface area (Å²) in [6.45, 7) is 7.81. The Hall–Kier alpha value is -3.06. The highest BCUT2D eigenvalue weighted by molar-refractivity contribution is 5.95. The average Bonchev–Trinajstić information content (AvgIpc) is 3.33. The molecule has 9 nitrogen and oxygen atoms in total. The van der Waals surface area contributed by atoms with Gasteiger partial charge < -0.3 is 9.47 Å². The van der Waals surface area contributed by atoms with E-state index in [-0.39, 0.29) is 42.7 Å². The van der Waals surface area contributed by atoms with Gasteiger partial charge in [0.05, 0.1) is 18.0 Å². The quantitative estimate of drug-likeness (QED) is 0.234. The van der Waals surface area contributed by atoms with Crippen LogP contribution >= 0.6 is 0 Å². The zero-order chi connectivity index (χ0) is 24.1. The number of azide groups is 1. The highest BCUT2D eigenvalue weighted by Gasteiger charge is 2.45. The maximum atomic E-state index is 13.6. The van der Waals surface area contributed by atoms with Crippen LogP contribution in [0.4, 0.5) is 4.79 Å². The minimum Gasteiger partial charge on any atom is -0.462 e. The summed E-state index contributed by atoms with van der Waals surface area (Å²) in [7, 11) is 0. The fourth-order valence-electron chi connectivity index (χ4n) is 4.61. The van der Waals surface area contributed by atoms with Crippen molar-refractivity contribution in [1.82, 2.24) is 4.90 Å². The first-order valence-corrected chi connectivity index (χ1v) is 11.5. The molecule has 0 radical (unpaired) electrons. The molecule has 2 aliphatic heterocycles. The van der Waals surface area contributed by atoms with Crippen molar-refractivity contribution in [3.05, 3.63) is 46.3 Å². The molecule has 2 amide bonds. The molecule has 1 aromatic carbocycles. The molecule has 0 saturated carbocycles. The number of rotatable bonds is 9. The van der Waals surface area contributed by atoms with Crippen molar-refractivity contribution in [3.63, 3.8) is 0 Å². The summed E-state index contributed by atoms with van der Waals surface area (Å²) in [4.78, 5) is 42.5. The van der Waals surface area contributed by atoms with Crippen LogP contribution in [0.1, 0.15) is 46.1 Å². The fourth-order valence-corrected chi connectivity index (χ4v) is 4.61. The van der Waals surface area contributed by atoms with Gasteiger partial charge in [0.15, 0.2) is 0 Å². The van der Waals surface area contributed by atoms with E-state index < -0.39 is 30.2 Å². The number of hydrogen-bond acceptors (Lipinski definition) is 6. The van der Waals surface area contributed by atoms with Gasteiger partial charge in [0, 0.05) is 10.8 Å². The third-order valence-corrected chi connectivity index (χ3v) is 6.62. The molecule has 9 heteroatoms. The van der Waals surface area contributed by atoms with Crippen molar-refractivity contribution >= 4 is 18.0 Å². The van der Waals surface area contributed by atoms with E-state index in [0.29, 0.717) is 12.8 Å². The average molecular weight is 457 g/mol. The van der Waals surface area contributed by atoms with Crippen molar-refractivity contribution in [2.45, 2.75) is 65.1 Å². The van der Waals surface area contributed by atoms with Gasteiger partial charge in [0.2, 0.25) is 5.91 Å². The number of carbonyl (C=O) groups is 3.